The van der Waals surface area contributed by atoms with Crippen molar-refractivity contribution in [2.75, 3.05) is 5.73 Å². The van der Waals surface area contributed by atoms with Gasteiger partial charge in [-0.1, -0.05) is 41.7 Å². The number of nitrogen functional groups attached to an aromatic ring is 1. The molecule has 0 atom stereocenters. The Kier molecular flexibility index (Phi) is 3.52. The number of thioether (sulfide) groups is 1. The van der Waals surface area contributed by atoms with Crippen LogP contribution in [0.2, 0.25) is 0 Å². The van der Waals surface area contributed by atoms with Gasteiger partial charge in [-0.3, -0.25) is 0 Å². The van der Waals surface area contributed by atoms with Crippen LogP contribution in [-0.4, -0.2) is 9.97 Å². The quantitative estimate of drug-likeness (QED) is 0.742. The van der Waals surface area contributed by atoms with E-state index in [-0.39, 0.29) is 0 Å². The summed E-state index contributed by atoms with van der Waals surface area (Å²) < 4.78 is 6.79. The topological polar surface area (TPSA) is 64.9 Å². The number of rotatable bonds is 4. The SMILES string of the molecule is Nc1ncc(SCc2ncc(-c3ccccc3)o2)s1. The summed E-state index contributed by atoms with van der Waals surface area (Å²) in [6.45, 7) is 0. The standard InChI is InChI=1S/C13H11N3OS2/c14-13-16-7-12(19-13)18-8-11-15-6-10(17-11)9-4-2-1-3-5-9/h1-7H,8H2,(H2,14,16). The molecular weight excluding hydrogens is 278 g/mol. The molecule has 3 aromatic rings. The fraction of sp³-hybridized carbons (Fsp3) is 0.0769. The normalized spacial score (nSPS) is 10.7. The largest absolute Gasteiger partial charge is 0.440 e. The second-order valence-corrected chi connectivity index (χ2v) is 6.13. The second kappa shape index (κ2) is 5.46. The van der Waals surface area contributed by atoms with Gasteiger partial charge in [0.2, 0.25) is 5.89 Å². The van der Waals surface area contributed by atoms with E-state index in [1.165, 1.54) is 11.3 Å². The van der Waals surface area contributed by atoms with Crippen molar-refractivity contribution in [3.63, 3.8) is 0 Å². The molecule has 0 radical (unpaired) electrons. The highest BCUT2D eigenvalue weighted by Crippen LogP contribution is 2.30. The second-order valence-electron chi connectivity index (χ2n) is 3.79. The Morgan fingerprint density at radius 1 is 1.16 bits per heavy atom. The maximum absolute atomic E-state index is 5.72. The van der Waals surface area contributed by atoms with Crippen LogP contribution >= 0.6 is 23.1 Å². The first kappa shape index (κ1) is 12.3. The Morgan fingerprint density at radius 3 is 2.74 bits per heavy atom. The minimum Gasteiger partial charge on any atom is -0.440 e. The van der Waals surface area contributed by atoms with Crippen molar-refractivity contribution in [3.8, 4) is 11.3 Å². The molecule has 0 spiro atoms. The van der Waals surface area contributed by atoms with Crippen molar-refractivity contribution in [1.29, 1.82) is 0 Å². The van der Waals surface area contributed by atoms with E-state index in [0.29, 0.717) is 16.8 Å². The molecule has 0 unspecified atom stereocenters. The van der Waals surface area contributed by atoms with Gasteiger partial charge in [0.1, 0.15) is 0 Å². The first-order valence-corrected chi connectivity index (χ1v) is 7.46. The summed E-state index contributed by atoms with van der Waals surface area (Å²) in [5, 5.41) is 0.583. The summed E-state index contributed by atoms with van der Waals surface area (Å²) in [6.07, 6.45) is 3.53. The Balaban J connectivity index is 1.68. The third-order valence-corrected chi connectivity index (χ3v) is 4.46. The van der Waals surface area contributed by atoms with Gasteiger partial charge in [0.05, 0.1) is 22.4 Å². The molecular formula is C13H11N3OS2. The molecule has 19 heavy (non-hydrogen) atoms. The van der Waals surface area contributed by atoms with E-state index in [4.69, 9.17) is 10.2 Å². The highest BCUT2D eigenvalue weighted by molar-refractivity contribution is 8.00. The molecule has 3 rings (SSSR count). The highest BCUT2D eigenvalue weighted by atomic mass is 32.2. The number of nitrogens with zero attached hydrogens (tertiary/aromatic N) is 2. The lowest BCUT2D eigenvalue weighted by molar-refractivity contribution is 0.530. The van der Waals surface area contributed by atoms with Crippen LogP contribution in [0.5, 0.6) is 0 Å². The predicted octanol–water partition coefficient (Wildman–Crippen LogP) is 3.67. The lowest BCUT2D eigenvalue weighted by atomic mass is 10.2. The zero-order valence-corrected chi connectivity index (χ0v) is 11.6. The van der Waals surface area contributed by atoms with Crippen LogP contribution in [0, 0.1) is 0 Å². The van der Waals surface area contributed by atoms with Gasteiger partial charge >= 0.3 is 0 Å². The van der Waals surface area contributed by atoms with Crippen molar-refractivity contribution in [2.45, 2.75) is 9.96 Å². The molecule has 2 N–H and O–H groups in total. The number of nitrogens with two attached hydrogens (primary N) is 1. The molecule has 2 heterocycles. The molecule has 1 aromatic carbocycles. The lowest BCUT2D eigenvalue weighted by Gasteiger charge is -1.95. The zero-order valence-electron chi connectivity index (χ0n) is 9.95. The van der Waals surface area contributed by atoms with Crippen LogP contribution in [0.4, 0.5) is 5.13 Å². The number of hydrogen-bond acceptors (Lipinski definition) is 6. The monoisotopic (exact) mass is 289 g/mol. The Labute approximate surface area is 118 Å². The minimum absolute atomic E-state index is 0.583. The summed E-state index contributed by atoms with van der Waals surface area (Å²) in [4.78, 5) is 8.29. The first-order valence-electron chi connectivity index (χ1n) is 5.65. The molecule has 0 amide bonds. The Morgan fingerprint density at radius 2 is 2.00 bits per heavy atom. The number of anilines is 1. The van der Waals surface area contributed by atoms with Gasteiger partial charge < -0.3 is 10.2 Å². The van der Waals surface area contributed by atoms with Crippen molar-refractivity contribution in [3.05, 3.63) is 48.6 Å². The smallest absolute Gasteiger partial charge is 0.205 e. The Hall–Kier alpha value is -1.79. The summed E-state index contributed by atoms with van der Waals surface area (Å²) in [6, 6.07) is 9.94. The number of hydrogen-bond donors (Lipinski definition) is 1. The average Bonchev–Trinajstić information content (AvgIpc) is 3.06. The predicted molar refractivity (Wildman–Crippen MR) is 78.0 cm³/mol. The summed E-state index contributed by atoms with van der Waals surface area (Å²) in [5.74, 6) is 2.17. The maximum Gasteiger partial charge on any atom is 0.205 e. The van der Waals surface area contributed by atoms with Gasteiger partial charge in [0.15, 0.2) is 10.9 Å². The van der Waals surface area contributed by atoms with Crippen LogP contribution in [0.15, 0.2) is 51.4 Å². The molecule has 4 nitrogen and oxygen atoms in total. The third-order valence-electron chi connectivity index (χ3n) is 2.45. The maximum atomic E-state index is 5.72. The van der Waals surface area contributed by atoms with Gasteiger partial charge in [-0.25, -0.2) is 9.97 Å². The number of benzene rings is 1. The molecule has 0 fully saturated rings. The van der Waals surface area contributed by atoms with E-state index in [1.54, 1.807) is 24.2 Å². The van der Waals surface area contributed by atoms with Gasteiger partial charge in [-0.05, 0) is 0 Å². The van der Waals surface area contributed by atoms with E-state index in [9.17, 15) is 0 Å². The fourth-order valence-electron chi connectivity index (χ4n) is 1.58. The number of aromatic nitrogens is 2. The van der Waals surface area contributed by atoms with Crippen molar-refractivity contribution in [1.82, 2.24) is 9.97 Å². The van der Waals surface area contributed by atoms with Crippen LogP contribution in [-0.2, 0) is 5.75 Å². The van der Waals surface area contributed by atoms with Crippen molar-refractivity contribution >= 4 is 28.2 Å². The minimum atomic E-state index is 0.583. The van der Waals surface area contributed by atoms with Crippen LogP contribution in [0.25, 0.3) is 11.3 Å². The highest BCUT2D eigenvalue weighted by Gasteiger charge is 2.07. The van der Waals surface area contributed by atoms with E-state index in [0.717, 1.165) is 15.5 Å². The Bertz CT molecular complexity index is 663. The summed E-state index contributed by atoms with van der Waals surface area (Å²) >= 11 is 3.09. The zero-order chi connectivity index (χ0) is 13.1. The van der Waals surface area contributed by atoms with E-state index < -0.39 is 0 Å². The number of oxazole rings is 1. The first-order chi connectivity index (χ1) is 9.31. The van der Waals surface area contributed by atoms with E-state index in [1.807, 2.05) is 30.3 Å². The van der Waals surface area contributed by atoms with Crippen molar-refractivity contribution in [2.24, 2.45) is 0 Å². The van der Waals surface area contributed by atoms with Crippen LogP contribution < -0.4 is 5.73 Å². The van der Waals surface area contributed by atoms with E-state index >= 15 is 0 Å². The summed E-state index contributed by atoms with van der Waals surface area (Å²) in [5.41, 5.74) is 6.62. The third kappa shape index (κ3) is 2.97. The molecule has 96 valence electrons. The van der Waals surface area contributed by atoms with Gasteiger partial charge in [-0.15, -0.1) is 11.8 Å². The molecule has 0 bridgehead atoms. The molecule has 6 heteroatoms. The van der Waals surface area contributed by atoms with Gasteiger partial charge in [0, 0.05) is 5.56 Å². The fourth-order valence-corrected chi connectivity index (χ4v) is 3.20. The molecule has 0 aliphatic heterocycles. The number of thiazole rings is 1. The molecule has 0 aliphatic carbocycles. The van der Waals surface area contributed by atoms with Crippen LogP contribution in [0.1, 0.15) is 5.89 Å². The van der Waals surface area contributed by atoms with Crippen LogP contribution in [0.3, 0.4) is 0 Å². The van der Waals surface area contributed by atoms with Crippen molar-refractivity contribution < 1.29 is 4.42 Å². The molecule has 2 aromatic heterocycles. The van der Waals surface area contributed by atoms with E-state index in [2.05, 4.69) is 9.97 Å². The molecule has 0 saturated carbocycles. The summed E-state index contributed by atoms with van der Waals surface area (Å²) in [7, 11) is 0. The molecule has 0 aliphatic rings. The van der Waals surface area contributed by atoms with Gasteiger partial charge in [0.25, 0.3) is 0 Å². The average molecular weight is 289 g/mol. The molecule has 0 saturated heterocycles. The van der Waals surface area contributed by atoms with Gasteiger partial charge in [-0.2, -0.15) is 0 Å². The lowest BCUT2D eigenvalue weighted by Crippen LogP contribution is -1.77.